The third-order valence-electron chi connectivity index (χ3n) is 0.758. The van der Waals surface area contributed by atoms with Gasteiger partial charge in [0.25, 0.3) is 0 Å². The molecule has 0 amide bonds. The molecule has 3 nitrogen and oxygen atoms in total. The topological polar surface area (TPSA) is 38.8 Å². The van der Waals surface area contributed by atoms with E-state index < -0.39 is 0 Å². The molecule has 0 saturated heterocycles. The van der Waals surface area contributed by atoms with E-state index in [0.29, 0.717) is 0 Å². The van der Waals surface area contributed by atoms with Crippen LogP contribution >= 0.6 is 15.9 Å². The van der Waals surface area contributed by atoms with Crippen molar-refractivity contribution in [3.8, 4) is 0 Å². The monoisotopic (exact) mass is 174 g/mol. The first kappa shape index (κ1) is 5.75. The summed E-state index contributed by atoms with van der Waals surface area (Å²) in [7, 11) is 0. The Kier molecular flexibility index (Phi) is 1.62. The van der Waals surface area contributed by atoms with Gasteiger partial charge in [0, 0.05) is 0 Å². The second kappa shape index (κ2) is 2.26. The van der Waals surface area contributed by atoms with Crippen molar-refractivity contribution in [3.05, 3.63) is 0 Å². The molecule has 0 aromatic rings. The van der Waals surface area contributed by atoms with Gasteiger partial charge in [-0.1, -0.05) is 15.9 Å². The zero-order valence-electron chi connectivity index (χ0n) is 4.37. The van der Waals surface area contributed by atoms with Gasteiger partial charge >= 0.3 is 0 Å². The summed E-state index contributed by atoms with van der Waals surface area (Å²) in [4.78, 5) is 4.06. The standard InChI is InChI=1S/C4H5BrN3/c1-3(5)4-6-2-7-8-4/h2-3H,1H3. The molecule has 0 saturated carbocycles. The highest BCUT2D eigenvalue weighted by Crippen LogP contribution is 2.01. The Morgan fingerprint density at radius 2 is 2.50 bits per heavy atom. The van der Waals surface area contributed by atoms with Crippen LogP contribution in [0.2, 0.25) is 0 Å². The fourth-order valence-corrected chi connectivity index (χ4v) is 0.588. The first-order valence-electron chi connectivity index (χ1n) is 2.25. The van der Waals surface area contributed by atoms with Gasteiger partial charge in [0.05, 0.1) is 4.83 Å². The van der Waals surface area contributed by atoms with E-state index >= 15 is 0 Å². The number of hydrogen-bond acceptors (Lipinski definition) is 2. The van der Waals surface area contributed by atoms with Gasteiger partial charge in [-0.25, -0.2) is 4.99 Å². The lowest BCUT2D eigenvalue weighted by atomic mass is 10.4. The zero-order chi connectivity index (χ0) is 5.98. The van der Waals surface area contributed by atoms with Gasteiger partial charge < -0.3 is 0 Å². The van der Waals surface area contributed by atoms with Crippen LogP contribution in [0.1, 0.15) is 6.92 Å². The lowest BCUT2D eigenvalue weighted by Gasteiger charge is -1.95. The molecule has 1 heterocycles. The molecule has 1 aliphatic rings. The summed E-state index contributed by atoms with van der Waals surface area (Å²) in [5, 5.41) is 3.55. The van der Waals surface area contributed by atoms with Crippen molar-refractivity contribution in [2.75, 3.05) is 0 Å². The summed E-state index contributed by atoms with van der Waals surface area (Å²) in [5.41, 5.74) is 3.71. The number of alkyl halides is 1. The van der Waals surface area contributed by atoms with Crippen LogP contribution in [0, 0.1) is 0 Å². The molecule has 1 atom stereocenters. The minimum Gasteiger partial charge on any atom is -0.216 e. The lowest BCUT2D eigenvalue weighted by molar-refractivity contribution is 1.01. The van der Waals surface area contributed by atoms with Gasteiger partial charge in [-0.15, -0.1) is 10.5 Å². The van der Waals surface area contributed by atoms with E-state index in [4.69, 9.17) is 0 Å². The minimum absolute atomic E-state index is 0.213. The molecule has 0 aromatic carbocycles. The summed E-state index contributed by atoms with van der Waals surface area (Å²) >= 11 is 3.30. The molecule has 1 aliphatic heterocycles. The molecular weight excluding hydrogens is 170 g/mol. The Morgan fingerprint density at radius 3 is 2.75 bits per heavy atom. The second-order valence-electron chi connectivity index (χ2n) is 1.43. The number of hydrogen-bond donors (Lipinski definition) is 0. The quantitative estimate of drug-likeness (QED) is 0.527. The molecule has 43 valence electrons. The van der Waals surface area contributed by atoms with Gasteiger partial charge in [-0.2, -0.15) is 0 Å². The van der Waals surface area contributed by atoms with Crippen molar-refractivity contribution >= 4 is 28.1 Å². The van der Waals surface area contributed by atoms with Crippen LogP contribution < -0.4 is 5.43 Å². The van der Waals surface area contributed by atoms with E-state index in [2.05, 4.69) is 31.4 Å². The molecule has 4 heteroatoms. The molecule has 8 heavy (non-hydrogen) atoms. The number of rotatable bonds is 1. The Hall–Kier alpha value is -0.380. The Balaban J connectivity index is 2.51. The fourth-order valence-electron chi connectivity index (χ4n) is 0.378. The van der Waals surface area contributed by atoms with Gasteiger partial charge in [0.1, 0.15) is 6.34 Å². The molecule has 0 spiro atoms. The average molecular weight is 175 g/mol. The zero-order valence-corrected chi connectivity index (χ0v) is 5.96. The Bertz CT molecular complexity index is 138. The lowest BCUT2D eigenvalue weighted by Crippen LogP contribution is -2.15. The summed E-state index contributed by atoms with van der Waals surface area (Å²) in [6.45, 7) is 1.96. The van der Waals surface area contributed by atoms with Crippen molar-refractivity contribution in [1.29, 1.82) is 0 Å². The number of aliphatic imine (C=N–C) groups is 1. The SMILES string of the molecule is CC(Br)C1=NC=N[N]1. The van der Waals surface area contributed by atoms with E-state index in [1.165, 1.54) is 6.34 Å². The van der Waals surface area contributed by atoms with E-state index in [-0.39, 0.29) is 4.83 Å². The first-order valence-corrected chi connectivity index (χ1v) is 3.16. The van der Waals surface area contributed by atoms with E-state index in [9.17, 15) is 0 Å². The maximum absolute atomic E-state index is 3.85. The van der Waals surface area contributed by atoms with E-state index in [1.807, 2.05) is 6.92 Å². The van der Waals surface area contributed by atoms with Gasteiger partial charge in [-0.3, -0.25) is 0 Å². The average Bonchev–Trinajstić information content (AvgIpc) is 2.12. The van der Waals surface area contributed by atoms with Crippen LogP contribution in [0.3, 0.4) is 0 Å². The second-order valence-corrected chi connectivity index (χ2v) is 2.81. The maximum Gasteiger partial charge on any atom is 0.166 e. The molecule has 0 aromatic heterocycles. The van der Waals surface area contributed by atoms with E-state index in [1.54, 1.807) is 0 Å². The van der Waals surface area contributed by atoms with Crippen LogP contribution in [0.4, 0.5) is 0 Å². The third-order valence-corrected chi connectivity index (χ3v) is 1.17. The van der Waals surface area contributed by atoms with Gasteiger partial charge in [0.15, 0.2) is 5.84 Å². The smallest absolute Gasteiger partial charge is 0.166 e. The molecule has 1 rings (SSSR count). The predicted octanol–water partition coefficient (Wildman–Crippen LogP) is 0.730. The van der Waals surface area contributed by atoms with Crippen LogP contribution in [0.15, 0.2) is 10.1 Å². The Labute approximate surface area is 56.0 Å². The van der Waals surface area contributed by atoms with Crippen LogP contribution in [0.5, 0.6) is 0 Å². The molecule has 1 unspecified atom stereocenters. The Morgan fingerprint density at radius 1 is 1.75 bits per heavy atom. The highest BCUT2D eigenvalue weighted by molar-refractivity contribution is 9.10. The summed E-state index contributed by atoms with van der Waals surface area (Å²) in [5.74, 6) is 0.741. The van der Waals surface area contributed by atoms with Crippen molar-refractivity contribution in [2.24, 2.45) is 10.1 Å². The predicted molar refractivity (Wildman–Crippen MR) is 36.5 cm³/mol. The highest BCUT2D eigenvalue weighted by Gasteiger charge is 2.08. The van der Waals surface area contributed by atoms with Gasteiger partial charge in [0.2, 0.25) is 0 Å². The third kappa shape index (κ3) is 1.06. The minimum atomic E-state index is 0.213. The molecule has 0 aliphatic carbocycles. The van der Waals surface area contributed by atoms with Crippen molar-refractivity contribution in [2.45, 2.75) is 11.8 Å². The highest BCUT2D eigenvalue weighted by atomic mass is 79.9. The maximum atomic E-state index is 3.85. The van der Waals surface area contributed by atoms with Crippen LogP contribution in [0.25, 0.3) is 0 Å². The fraction of sp³-hybridized carbons (Fsp3) is 0.500. The summed E-state index contributed by atoms with van der Waals surface area (Å²) in [6, 6.07) is 0. The van der Waals surface area contributed by atoms with Crippen LogP contribution in [-0.4, -0.2) is 17.0 Å². The van der Waals surface area contributed by atoms with Crippen molar-refractivity contribution in [1.82, 2.24) is 5.43 Å². The number of nitrogens with zero attached hydrogens (tertiary/aromatic N) is 3. The molecular formula is C4H5BrN3. The largest absolute Gasteiger partial charge is 0.216 e. The molecule has 0 fully saturated rings. The number of amidine groups is 1. The van der Waals surface area contributed by atoms with Crippen molar-refractivity contribution < 1.29 is 0 Å². The molecule has 1 radical (unpaired) electrons. The van der Waals surface area contributed by atoms with E-state index in [0.717, 1.165) is 5.84 Å². The summed E-state index contributed by atoms with van der Waals surface area (Å²) < 4.78 is 0. The normalized spacial score (nSPS) is 20.0. The molecule has 0 N–H and O–H groups in total. The summed E-state index contributed by atoms with van der Waals surface area (Å²) in [6.07, 6.45) is 1.44. The number of halogens is 1. The molecule has 0 bridgehead atoms. The van der Waals surface area contributed by atoms with Crippen molar-refractivity contribution in [3.63, 3.8) is 0 Å². The first-order chi connectivity index (χ1) is 3.80. The van der Waals surface area contributed by atoms with Crippen LogP contribution in [-0.2, 0) is 0 Å². The van der Waals surface area contributed by atoms with Gasteiger partial charge in [-0.05, 0) is 6.92 Å².